The van der Waals surface area contributed by atoms with Gasteiger partial charge < -0.3 is 5.32 Å². The Labute approximate surface area is 97.1 Å². The lowest BCUT2D eigenvalue weighted by atomic mass is 9.69. The molecule has 1 aliphatic rings. The van der Waals surface area contributed by atoms with Gasteiger partial charge in [-0.15, -0.1) is 0 Å². The molecular weight excluding hydrogens is 201 g/mol. The van der Waals surface area contributed by atoms with Crippen LogP contribution >= 0.6 is 0 Å². The fourth-order valence-corrected chi connectivity index (χ4v) is 2.56. The van der Waals surface area contributed by atoms with Crippen LogP contribution in [0, 0.1) is 18.7 Å². The average Bonchev–Trinajstić information content (AvgIpc) is 2.22. The summed E-state index contributed by atoms with van der Waals surface area (Å²) >= 11 is 0. The summed E-state index contributed by atoms with van der Waals surface area (Å²) in [5.41, 5.74) is 2.45. The third kappa shape index (κ3) is 2.27. The first-order chi connectivity index (χ1) is 7.72. The van der Waals surface area contributed by atoms with Crippen LogP contribution in [-0.4, -0.2) is 13.1 Å². The molecule has 2 rings (SSSR count). The van der Waals surface area contributed by atoms with Gasteiger partial charge in [0.25, 0.3) is 0 Å². The molecule has 0 amide bonds. The van der Waals surface area contributed by atoms with E-state index in [-0.39, 0.29) is 5.82 Å². The van der Waals surface area contributed by atoms with E-state index in [1.54, 1.807) is 12.1 Å². The maximum atomic E-state index is 13.2. The van der Waals surface area contributed by atoms with E-state index in [0.717, 1.165) is 13.1 Å². The van der Waals surface area contributed by atoms with Gasteiger partial charge in [-0.25, -0.2) is 4.39 Å². The third-order valence-corrected chi connectivity index (χ3v) is 3.71. The minimum atomic E-state index is -0.102. The number of halogens is 1. The van der Waals surface area contributed by atoms with Crippen LogP contribution in [-0.2, 0) is 0 Å². The summed E-state index contributed by atoms with van der Waals surface area (Å²) in [5, 5.41) is 3.39. The van der Waals surface area contributed by atoms with E-state index in [0.29, 0.717) is 11.8 Å². The lowest BCUT2D eigenvalue weighted by molar-refractivity contribution is 0.246. The largest absolute Gasteiger partial charge is 0.317 e. The molecule has 1 fully saturated rings. The van der Waals surface area contributed by atoms with Crippen LogP contribution < -0.4 is 5.32 Å². The number of hydrogen-bond donors (Lipinski definition) is 1. The molecule has 1 aromatic rings. The minimum Gasteiger partial charge on any atom is -0.317 e. The number of nitrogens with one attached hydrogen (secondary N) is 1. The molecule has 0 aromatic heterocycles. The van der Waals surface area contributed by atoms with E-state index in [9.17, 15) is 4.39 Å². The molecule has 1 aromatic carbocycles. The highest BCUT2D eigenvalue weighted by Crippen LogP contribution is 2.43. The fraction of sp³-hybridized carbons (Fsp3) is 0.571. The van der Waals surface area contributed by atoms with E-state index in [1.807, 2.05) is 6.07 Å². The predicted octanol–water partition coefficient (Wildman–Crippen LogP) is 3.24. The second-order valence-electron chi connectivity index (χ2n) is 4.75. The van der Waals surface area contributed by atoms with E-state index < -0.39 is 0 Å². The van der Waals surface area contributed by atoms with Crippen molar-refractivity contribution in [2.24, 2.45) is 5.92 Å². The molecule has 0 saturated heterocycles. The van der Waals surface area contributed by atoms with Gasteiger partial charge in [0.05, 0.1) is 0 Å². The number of hydrogen-bond acceptors (Lipinski definition) is 1. The lowest BCUT2D eigenvalue weighted by Gasteiger charge is -2.38. The molecule has 0 spiro atoms. The summed E-state index contributed by atoms with van der Waals surface area (Å²) in [6.45, 7) is 6.29. The number of rotatable bonds is 4. The Morgan fingerprint density at radius 3 is 2.81 bits per heavy atom. The molecule has 88 valence electrons. The molecule has 2 heteroatoms. The van der Waals surface area contributed by atoms with Gasteiger partial charge in [0.15, 0.2) is 0 Å². The Morgan fingerprint density at radius 2 is 2.19 bits per heavy atom. The van der Waals surface area contributed by atoms with Gasteiger partial charge in [0.1, 0.15) is 5.82 Å². The van der Waals surface area contributed by atoms with Crippen molar-refractivity contribution in [3.05, 3.63) is 35.1 Å². The summed E-state index contributed by atoms with van der Waals surface area (Å²) in [6.07, 6.45) is 2.48. The van der Waals surface area contributed by atoms with Crippen molar-refractivity contribution in [1.29, 1.82) is 0 Å². The maximum Gasteiger partial charge on any atom is 0.123 e. The average molecular weight is 221 g/mol. The van der Waals surface area contributed by atoms with Crippen molar-refractivity contribution in [3.8, 4) is 0 Å². The molecule has 1 aliphatic carbocycles. The summed E-state index contributed by atoms with van der Waals surface area (Å²) in [4.78, 5) is 0. The molecular formula is C14H20FN. The van der Waals surface area contributed by atoms with E-state index >= 15 is 0 Å². The van der Waals surface area contributed by atoms with Gasteiger partial charge in [-0.2, -0.15) is 0 Å². The molecule has 0 radical (unpaired) electrons. The van der Waals surface area contributed by atoms with Gasteiger partial charge in [0.2, 0.25) is 0 Å². The van der Waals surface area contributed by atoms with Crippen LogP contribution in [0.15, 0.2) is 18.2 Å². The Bertz CT molecular complexity index is 362. The Hall–Kier alpha value is -0.890. The first-order valence-corrected chi connectivity index (χ1v) is 6.19. The van der Waals surface area contributed by atoms with Crippen molar-refractivity contribution in [3.63, 3.8) is 0 Å². The molecule has 0 aliphatic heterocycles. The first kappa shape index (κ1) is 11.6. The predicted molar refractivity (Wildman–Crippen MR) is 65.1 cm³/mol. The van der Waals surface area contributed by atoms with Crippen LogP contribution in [0.4, 0.5) is 4.39 Å². The quantitative estimate of drug-likeness (QED) is 0.823. The smallest absolute Gasteiger partial charge is 0.123 e. The van der Waals surface area contributed by atoms with Crippen molar-refractivity contribution >= 4 is 0 Å². The normalized spacial score (nSPS) is 24.2. The molecule has 0 bridgehead atoms. The monoisotopic (exact) mass is 221 g/mol. The second-order valence-corrected chi connectivity index (χ2v) is 4.75. The van der Waals surface area contributed by atoms with Gasteiger partial charge in [0, 0.05) is 0 Å². The minimum absolute atomic E-state index is 0.102. The number of aryl methyl sites for hydroxylation is 1. The standard InChI is InChI=1S/C14H20FN/c1-3-16-9-11-5-7-13(11)14-8-12(15)6-4-10(14)2/h4,6,8,11,13,16H,3,5,7,9H2,1-2H3. The Kier molecular flexibility index (Phi) is 3.59. The van der Waals surface area contributed by atoms with Crippen molar-refractivity contribution in [1.82, 2.24) is 5.32 Å². The molecule has 1 nitrogen and oxygen atoms in total. The molecule has 2 unspecified atom stereocenters. The van der Waals surface area contributed by atoms with Crippen molar-refractivity contribution < 1.29 is 4.39 Å². The van der Waals surface area contributed by atoms with Gasteiger partial charge in [-0.1, -0.05) is 13.0 Å². The second kappa shape index (κ2) is 4.96. The summed E-state index contributed by atoms with van der Waals surface area (Å²) in [5.74, 6) is 1.16. The molecule has 0 heterocycles. The highest BCUT2D eigenvalue weighted by atomic mass is 19.1. The third-order valence-electron chi connectivity index (χ3n) is 3.71. The summed E-state index contributed by atoms with van der Waals surface area (Å²) in [6, 6.07) is 5.17. The van der Waals surface area contributed by atoms with Gasteiger partial charge in [-0.3, -0.25) is 0 Å². The van der Waals surface area contributed by atoms with Gasteiger partial charge in [-0.05, 0) is 68.0 Å². The lowest BCUT2D eigenvalue weighted by Crippen LogP contribution is -2.34. The highest BCUT2D eigenvalue weighted by Gasteiger charge is 2.32. The molecule has 1 N–H and O–H groups in total. The van der Waals surface area contributed by atoms with E-state index in [2.05, 4.69) is 19.2 Å². The highest BCUT2D eigenvalue weighted by molar-refractivity contribution is 5.32. The van der Waals surface area contributed by atoms with Crippen molar-refractivity contribution in [2.75, 3.05) is 13.1 Å². The zero-order valence-electron chi connectivity index (χ0n) is 10.1. The zero-order chi connectivity index (χ0) is 11.5. The maximum absolute atomic E-state index is 13.2. The molecule has 2 atom stereocenters. The van der Waals surface area contributed by atoms with Crippen LogP contribution in [0.3, 0.4) is 0 Å². The fourth-order valence-electron chi connectivity index (χ4n) is 2.56. The SMILES string of the molecule is CCNCC1CCC1c1cc(F)ccc1C. The Balaban J connectivity index is 2.09. The van der Waals surface area contributed by atoms with E-state index in [1.165, 1.54) is 24.0 Å². The summed E-state index contributed by atoms with van der Waals surface area (Å²) in [7, 11) is 0. The van der Waals surface area contributed by atoms with Crippen LogP contribution in [0.5, 0.6) is 0 Å². The summed E-state index contributed by atoms with van der Waals surface area (Å²) < 4.78 is 13.2. The zero-order valence-corrected chi connectivity index (χ0v) is 10.1. The van der Waals surface area contributed by atoms with Crippen molar-refractivity contribution in [2.45, 2.75) is 32.6 Å². The van der Waals surface area contributed by atoms with Gasteiger partial charge >= 0.3 is 0 Å². The number of benzene rings is 1. The first-order valence-electron chi connectivity index (χ1n) is 6.19. The Morgan fingerprint density at radius 1 is 1.38 bits per heavy atom. The van der Waals surface area contributed by atoms with Crippen LogP contribution in [0.25, 0.3) is 0 Å². The molecule has 16 heavy (non-hydrogen) atoms. The molecule has 1 saturated carbocycles. The van der Waals surface area contributed by atoms with Crippen LogP contribution in [0.2, 0.25) is 0 Å². The topological polar surface area (TPSA) is 12.0 Å². The van der Waals surface area contributed by atoms with E-state index in [4.69, 9.17) is 0 Å². The van der Waals surface area contributed by atoms with Crippen LogP contribution in [0.1, 0.15) is 36.8 Å².